The number of aryl methyl sites for hydroxylation is 2. The van der Waals surface area contributed by atoms with E-state index in [0.717, 1.165) is 33.9 Å². The van der Waals surface area contributed by atoms with Crippen LogP contribution < -0.4 is 0 Å². The number of nitrogens with zero attached hydrogens (tertiary/aromatic N) is 4. The number of H-pyrrole nitrogens is 2. The maximum absolute atomic E-state index is 4.51. The summed E-state index contributed by atoms with van der Waals surface area (Å²) < 4.78 is 0. The minimum atomic E-state index is 0.666. The summed E-state index contributed by atoms with van der Waals surface area (Å²) in [5.74, 6) is 1.62. The van der Waals surface area contributed by atoms with E-state index in [0.29, 0.717) is 11.3 Å². The molecule has 0 fully saturated rings. The van der Waals surface area contributed by atoms with Gasteiger partial charge in [-0.3, -0.25) is 4.98 Å². The molecule has 0 bridgehead atoms. The van der Waals surface area contributed by atoms with Crippen molar-refractivity contribution in [1.29, 1.82) is 0 Å². The Morgan fingerprint density at radius 3 is 2.50 bits per heavy atom. The summed E-state index contributed by atoms with van der Waals surface area (Å²) in [7, 11) is 0. The van der Waals surface area contributed by atoms with Gasteiger partial charge in [-0.15, -0.1) is 0 Å². The second-order valence-corrected chi connectivity index (χ2v) is 4.83. The first-order chi connectivity index (χ1) is 9.69. The van der Waals surface area contributed by atoms with Crippen LogP contribution in [0.25, 0.3) is 33.7 Å². The van der Waals surface area contributed by atoms with Crippen molar-refractivity contribution in [3.05, 3.63) is 35.9 Å². The molecule has 4 aromatic rings. The average Bonchev–Trinajstić information content (AvgIpc) is 2.97. The zero-order valence-corrected chi connectivity index (χ0v) is 11.1. The molecule has 6 heteroatoms. The summed E-state index contributed by atoms with van der Waals surface area (Å²) in [6, 6.07) is 5.94. The van der Waals surface area contributed by atoms with Crippen LogP contribution in [0.15, 0.2) is 24.4 Å². The van der Waals surface area contributed by atoms with Crippen LogP contribution >= 0.6 is 0 Å². The topological polar surface area (TPSA) is 83.1 Å². The minimum Gasteiger partial charge on any atom is -0.341 e. The molecule has 0 saturated carbocycles. The summed E-state index contributed by atoms with van der Waals surface area (Å²) >= 11 is 0. The molecule has 2 N–H and O–H groups in total. The minimum absolute atomic E-state index is 0.666. The van der Waals surface area contributed by atoms with Gasteiger partial charge in [-0.2, -0.15) is 0 Å². The lowest BCUT2D eigenvalue weighted by Gasteiger charge is -1.95. The lowest BCUT2D eigenvalue weighted by atomic mass is 10.2. The Labute approximate surface area is 114 Å². The van der Waals surface area contributed by atoms with E-state index in [1.165, 1.54) is 0 Å². The van der Waals surface area contributed by atoms with E-state index in [1.807, 2.05) is 32.0 Å². The predicted octanol–water partition coefficient (Wildman–Crippen LogP) is 2.51. The zero-order chi connectivity index (χ0) is 13.7. The molecule has 20 heavy (non-hydrogen) atoms. The summed E-state index contributed by atoms with van der Waals surface area (Å²) in [6.07, 6.45) is 1.81. The third kappa shape index (κ3) is 1.65. The number of hydrogen-bond donors (Lipinski definition) is 2. The first kappa shape index (κ1) is 11.1. The lowest BCUT2D eigenvalue weighted by Crippen LogP contribution is -1.84. The van der Waals surface area contributed by atoms with Crippen LogP contribution in [0.1, 0.15) is 11.5 Å². The van der Waals surface area contributed by atoms with Crippen molar-refractivity contribution in [2.45, 2.75) is 13.8 Å². The van der Waals surface area contributed by atoms with Crippen molar-refractivity contribution >= 4 is 22.3 Å². The highest BCUT2D eigenvalue weighted by Crippen LogP contribution is 2.21. The molecule has 0 unspecified atom stereocenters. The van der Waals surface area contributed by atoms with Crippen LogP contribution in [-0.4, -0.2) is 29.9 Å². The quantitative estimate of drug-likeness (QED) is 0.553. The molecule has 0 saturated heterocycles. The molecule has 0 aliphatic rings. The molecular weight excluding hydrogens is 252 g/mol. The summed E-state index contributed by atoms with van der Waals surface area (Å²) in [5.41, 5.74) is 5.08. The van der Waals surface area contributed by atoms with Crippen molar-refractivity contribution in [3.63, 3.8) is 0 Å². The third-order valence-corrected chi connectivity index (χ3v) is 3.23. The highest BCUT2D eigenvalue weighted by molar-refractivity contribution is 5.86. The molecule has 0 radical (unpaired) electrons. The third-order valence-electron chi connectivity index (χ3n) is 3.23. The molecule has 4 rings (SSSR count). The van der Waals surface area contributed by atoms with Crippen molar-refractivity contribution in [1.82, 2.24) is 29.9 Å². The summed E-state index contributed by atoms with van der Waals surface area (Å²) in [4.78, 5) is 24.0. The van der Waals surface area contributed by atoms with Gasteiger partial charge in [-0.05, 0) is 32.0 Å². The molecule has 0 amide bonds. The Bertz CT molecular complexity index is 865. The van der Waals surface area contributed by atoms with Gasteiger partial charge in [0, 0.05) is 17.5 Å². The largest absolute Gasteiger partial charge is 0.341 e. The van der Waals surface area contributed by atoms with Gasteiger partial charge in [0.2, 0.25) is 0 Å². The van der Waals surface area contributed by atoms with Gasteiger partial charge in [0.05, 0.1) is 11.0 Å². The molecule has 4 heterocycles. The SMILES string of the molecule is Cc1ccc(-c2nc3nc4nc(C)[nH]c4cc3[nH]2)cn1. The smallest absolute Gasteiger partial charge is 0.180 e. The Balaban J connectivity index is 1.91. The normalized spacial score (nSPS) is 11.5. The first-order valence-corrected chi connectivity index (χ1v) is 6.35. The van der Waals surface area contributed by atoms with E-state index in [2.05, 4.69) is 29.9 Å². The zero-order valence-electron chi connectivity index (χ0n) is 11.1. The standard InChI is InChI=1S/C14H12N6/c1-7-3-4-9(6-15-7)12-18-11-5-10-13(17-8(2)16-10)20-14(11)19-12/h3-6H,1-2H3,(H2,16,17,18,19,20). The average molecular weight is 264 g/mol. The second kappa shape index (κ2) is 3.86. The maximum Gasteiger partial charge on any atom is 0.180 e. The van der Waals surface area contributed by atoms with Gasteiger partial charge in [0.25, 0.3) is 0 Å². The fourth-order valence-corrected chi connectivity index (χ4v) is 2.24. The Morgan fingerprint density at radius 1 is 0.900 bits per heavy atom. The number of aromatic nitrogens is 6. The molecule has 98 valence electrons. The first-order valence-electron chi connectivity index (χ1n) is 6.35. The molecule has 0 aliphatic carbocycles. The van der Waals surface area contributed by atoms with Gasteiger partial charge in [-0.1, -0.05) is 0 Å². The van der Waals surface area contributed by atoms with E-state index in [4.69, 9.17) is 0 Å². The van der Waals surface area contributed by atoms with Gasteiger partial charge in [0.15, 0.2) is 11.3 Å². The Hall–Kier alpha value is -2.76. The monoisotopic (exact) mass is 264 g/mol. The van der Waals surface area contributed by atoms with Crippen LogP contribution in [-0.2, 0) is 0 Å². The predicted molar refractivity (Wildman–Crippen MR) is 76.2 cm³/mol. The Morgan fingerprint density at radius 2 is 1.70 bits per heavy atom. The van der Waals surface area contributed by atoms with Gasteiger partial charge in [0.1, 0.15) is 11.6 Å². The molecule has 6 nitrogen and oxygen atoms in total. The number of nitrogens with one attached hydrogen (secondary N) is 2. The second-order valence-electron chi connectivity index (χ2n) is 4.83. The number of pyridine rings is 2. The molecular formula is C14H12N6. The molecule has 4 aromatic heterocycles. The van der Waals surface area contributed by atoms with Crippen LogP contribution in [0.3, 0.4) is 0 Å². The molecule has 0 atom stereocenters. The highest BCUT2D eigenvalue weighted by atomic mass is 15.0. The van der Waals surface area contributed by atoms with Gasteiger partial charge < -0.3 is 9.97 Å². The van der Waals surface area contributed by atoms with E-state index in [1.54, 1.807) is 6.20 Å². The number of rotatable bonds is 1. The van der Waals surface area contributed by atoms with Crippen molar-refractivity contribution < 1.29 is 0 Å². The van der Waals surface area contributed by atoms with Crippen LogP contribution in [0.2, 0.25) is 0 Å². The number of fused-ring (bicyclic) bond motifs is 2. The van der Waals surface area contributed by atoms with Crippen LogP contribution in [0, 0.1) is 13.8 Å². The van der Waals surface area contributed by atoms with E-state index in [9.17, 15) is 0 Å². The van der Waals surface area contributed by atoms with Gasteiger partial charge in [-0.25, -0.2) is 15.0 Å². The van der Waals surface area contributed by atoms with Crippen LogP contribution in [0.4, 0.5) is 0 Å². The van der Waals surface area contributed by atoms with Crippen molar-refractivity contribution in [3.8, 4) is 11.4 Å². The number of hydrogen-bond acceptors (Lipinski definition) is 4. The van der Waals surface area contributed by atoms with E-state index < -0.39 is 0 Å². The maximum atomic E-state index is 4.51. The van der Waals surface area contributed by atoms with E-state index in [-0.39, 0.29) is 0 Å². The highest BCUT2D eigenvalue weighted by Gasteiger charge is 2.09. The number of aromatic amines is 2. The fraction of sp³-hybridized carbons (Fsp3) is 0.143. The summed E-state index contributed by atoms with van der Waals surface area (Å²) in [5, 5.41) is 0. The van der Waals surface area contributed by atoms with Crippen LogP contribution in [0.5, 0.6) is 0 Å². The molecule has 0 aliphatic heterocycles. The van der Waals surface area contributed by atoms with Crippen molar-refractivity contribution in [2.24, 2.45) is 0 Å². The van der Waals surface area contributed by atoms with Gasteiger partial charge >= 0.3 is 0 Å². The fourth-order valence-electron chi connectivity index (χ4n) is 2.24. The molecule has 0 aromatic carbocycles. The summed E-state index contributed by atoms with van der Waals surface area (Å²) in [6.45, 7) is 3.87. The lowest BCUT2D eigenvalue weighted by molar-refractivity contribution is 1.16. The Kier molecular flexibility index (Phi) is 2.14. The van der Waals surface area contributed by atoms with Crippen molar-refractivity contribution in [2.75, 3.05) is 0 Å². The molecule has 0 spiro atoms. The van der Waals surface area contributed by atoms with E-state index >= 15 is 0 Å². The number of imidazole rings is 2.